The van der Waals surface area contributed by atoms with Crippen LogP contribution in [0.3, 0.4) is 0 Å². The third-order valence-corrected chi connectivity index (χ3v) is 6.54. The summed E-state index contributed by atoms with van der Waals surface area (Å²) < 4.78 is 50.6. The van der Waals surface area contributed by atoms with E-state index in [0.717, 1.165) is 6.08 Å². The first-order valence-electron chi connectivity index (χ1n) is 9.76. The van der Waals surface area contributed by atoms with Crippen LogP contribution in [0.1, 0.15) is 27.7 Å². The van der Waals surface area contributed by atoms with Crippen LogP contribution in [0.4, 0.5) is 0 Å². The molecule has 7 N–H and O–H groups in total. The number of carboxylic acids is 1. The van der Waals surface area contributed by atoms with Gasteiger partial charge in [0.05, 0.1) is 43.7 Å². The molecular weight excluding hydrogens is 454 g/mol. The van der Waals surface area contributed by atoms with Crippen LogP contribution < -0.4 is 4.72 Å². The van der Waals surface area contributed by atoms with E-state index in [0.29, 0.717) is 0 Å². The Kier molecular flexibility index (Phi) is 7.66. The lowest BCUT2D eigenvalue weighted by Crippen LogP contribution is -2.70. The zero-order valence-electron chi connectivity index (χ0n) is 18.1. The minimum absolute atomic E-state index is 0.354. The molecule has 0 aromatic carbocycles. The number of hydrogen-bond donors (Lipinski definition) is 7. The molecule has 1 fully saturated rings. The molecule has 32 heavy (non-hydrogen) atoms. The van der Waals surface area contributed by atoms with Crippen molar-refractivity contribution >= 4 is 16.3 Å². The lowest BCUT2D eigenvalue weighted by molar-refractivity contribution is -0.255. The van der Waals surface area contributed by atoms with Gasteiger partial charge in [-0.2, -0.15) is 13.1 Å². The number of nitrogens with one attached hydrogen (secondary N) is 1. The van der Waals surface area contributed by atoms with Gasteiger partial charge in [0.2, 0.25) is 5.76 Å². The average Bonchev–Trinajstić information content (AvgIpc) is 2.65. The minimum Gasteiger partial charge on any atom is -0.475 e. The van der Waals surface area contributed by atoms with E-state index in [1.54, 1.807) is 0 Å². The van der Waals surface area contributed by atoms with Gasteiger partial charge in [-0.15, -0.1) is 0 Å². The highest BCUT2D eigenvalue weighted by molar-refractivity contribution is 7.83. The Balaban J connectivity index is 2.22. The highest BCUT2D eigenvalue weighted by Gasteiger charge is 2.57. The molecule has 13 nitrogen and oxygen atoms in total. The fourth-order valence-electron chi connectivity index (χ4n) is 3.97. The van der Waals surface area contributed by atoms with Crippen LogP contribution in [0, 0.1) is 5.41 Å². The van der Waals surface area contributed by atoms with E-state index in [2.05, 4.69) is 0 Å². The average molecular weight is 486 g/mol. The summed E-state index contributed by atoms with van der Waals surface area (Å²) in [7, 11) is -4.71. The second-order valence-electron chi connectivity index (χ2n) is 9.09. The summed E-state index contributed by atoms with van der Waals surface area (Å²) in [6, 6.07) is -1.32. The van der Waals surface area contributed by atoms with Crippen molar-refractivity contribution < 1.29 is 57.5 Å². The van der Waals surface area contributed by atoms with Crippen LogP contribution in [0.25, 0.3) is 0 Å². The second kappa shape index (κ2) is 9.12. The Morgan fingerprint density at radius 3 is 2.25 bits per heavy atom. The van der Waals surface area contributed by atoms with Crippen LogP contribution >= 0.6 is 0 Å². The van der Waals surface area contributed by atoms with Gasteiger partial charge in [0, 0.05) is 5.41 Å². The van der Waals surface area contributed by atoms with Crippen LogP contribution in [-0.4, -0.2) is 106 Å². The summed E-state index contributed by atoms with van der Waals surface area (Å²) in [6.07, 6.45) is -4.73. The normalized spacial score (nSPS) is 39.8. The molecule has 2 rings (SSSR count). The summed E-state index contributed by atoms with van der Waals surface area (Å²) in [4.78, 5) is 11.2. The highest BCUT2D eigenvalue weighted by atomic mass is 32.2. The fraction of sp³-hybridized carbons (Fsp3) is 0.833. The Labute approximate surface area is 185 Å². The van der Waals surface area contributed by atoms with Crippen molar-refractivity contribution in [3.63, 3.8) is 0 Å². The molecule has 0 bridgehead atoms. The molecule has 2 aliphatic rings. The van der Waals surface area contributed by atoms with Crippen molar-refractivity contribution in [2.45, 2.75) is 69.4 Å². The van der Waals surface area contributed by atoms with E-state index >= 15 is 0 Å². The molecular formula is C18H31NO12S. The summed E-state index contributed by atoms with van der Waals surface area (Å²) in [5, 5.41) is 50.2. The molecule has 3 unspecified atom stereocenters. The van der Waals surface area contributed by atoms with Crippen molar-refractivity contribution in [2.75, 3.05) is 19.8 Å². The van der Waals surface area contributed by atoms with Gasteiger partial charge in [0.25, 0.3) is 0 Å². The van der Waals surface area contributed by atoms with Gasteiger partial charge in [0.1, 0.15) is 12.2 Å². The maximum Gasteiger partial charge on any atom is 0.370 e. The molecule has 1 saturated heterocycles. The maximum atomic E-state index is 11.4. The van der Waals surface area contributed by atoms with Gasteiger partial charge in [-0.25, -0.2) is 4.79 Å². The number of ether oxygens (including phenoxy) is 3. The van der Waals surface area contributed by atoms with Gasteiger partial charge in [-0.05, 0) is 26.8 Å². The van der Waals surface area contributed by atoms with E-state index in [1.807, 2.05) is 4.72 Å². The lowest BCUT2D eigenvalue weighted by Gasteiger charge is -2.54. The maximum absolute atomic E-state index is 11.4. The standard InChI is InChI=1S/C18H31NO12S/c1-16(2)12(19-32(26,27)28)14(23)17(3,11(6-20)31-16)7-29-8-18(4)13(22)9(21)5-10(30-18)15(24)25/h5,9,11-14,19-23H,6-8H2,1-4H3,(H,24,25)(H,26,27,28)/t9-,11?,12?,13?,14+,17+,18+/m0/s1. The highest BCUT2D eigenvalue weighted by Crippen LogP contribution is 2.42. The quantitative estimate of drug-likeness (QED) is 0.182. The Morgan fingerprint density at radius 2 is 1.75 bits per heavy atom. The van der Waals surface area contributed by atoms with Gasteiger partial charge in [0.15, 0.2) is 5.60 Å². The van der Waals surface area contributed by atoms with E-state index in [4.69, 9.17) is 19.3 Å². The number of carbonyl (C=O) groups is 1. The zero-order chi connectivity index (χ0) is 24.7. The van der Waals surface area contributed by atoms with Gasteiger partial charge >= 0.3 is 16.3 Å². The predicted octanol–water partition coefficient (Wildman–Crippen LogP) is -2.22. The molecule has 0 amide bonds. The fourth-order valence-corrected chi connectivity index (χ4v) is 4.71. The smallest absolute Gasteiger partial charge is 0.370 e. The van der Waals surface area contributed by atoms with E-state index < -0.39 is 82.3 Å². The largest absolute Gasteiger partial charge is 0.475 e. The molecule has 0 aromatic heterocycles. The van der Waals surface area contributed by atoms with Crippen molar-refractivity contribution in [3.05, 3.63) is 11.8 Å². The lowest BCUT2D eigenvalue weighted by atomic mass is 9.70. The number of carboxylic acid groups (broad SMARTS) is 1. The number of aliphatic hydroxyl groups is 4. The molecule has 186 valence electrons. The molecule has 7 atom stereocenters. The van der Waals surface area contributed by atoms with Gasteiger partial charge < -0.3 is 39.7 Å². The van der Waals surface area contributed by atoms with Crippen molar-refractivity contribution in [1.29, 1.82) is 0 Å². The predicted molar refractivity (Wildman–Crippen MR) is 107 cm³/mol. The van der Waals surface area contributed by atoms with Crippen molar-refractivity contribution in [1.82, 2.24) is 4.72 Å². The van der Waals surface area contributed by atoms with Gasteiger partial charge in [-0.1, -0.05) is 6.92 Å². The number of aliphatic hydroxyl groups excluding tert-OH is 4. The van der Waals surface area contributed by atoms with Crippen LogP contribution in [-0.2, 0) is 29.3 Å². The summed E-state index contributed by atoms with van der Waals surface area (Å²) in [5.41, 5.74) is -4.40. The molecule has 2 aliphatic heterocycles. The first-order valence-corrected chi connectivity index (χ1v) is 11.2. The molecule has 14 heteroatoms. The Bertz CT molecular complexity index is 845. The molecule has 0 saturated carbocycles. The van der Waals surface area contributed by atoms with Crippen molar-refractivity contribution in [2.24, 2.45) is 5.41 Å². The molecule has 2 heterocycles. The Morgan fingerprint density at radius 1 is 1.16 bits per heavy atom. The zero-order valence-corrected chi connectivity index (χ0v) is 18.9. The van der Waals surface area contributed by atoms with Gasteiger partial charge in [-0.3, -0.25) is 4.55 Å². The summed E-state index contributed by atoms with van der Waals surface area (Å²) in [5.74, 6) is -2.03. The monoisotopic (exact) mass is 485 g/mol. The van der Waals surface area contributed by atoms with Crippen LogP contribution in [0.15, 0.2) is 11.8 Å². The molecule has 0 radical (unpaired) electrons. The Hall–Kier alpha value is -1.36. The SMILES string of the molecule is CC1(C)OC(CO)[C@@](C)(COC[C@@]2(C)OC(C(=O)O)=C[C@H](O)C2O)[C@H](O)C1NS(=O)(=O)O. The van der Waals surface area contributed by atoms with E-state index in [9.17, 15) is 38.2 Å². The van der Waals surface area contributed by atoms with Crippen molar-refractivity contribution in [3.8, 4) is 0 Å². The van der Waals surface area contributed by atoms with E-state index in [1.165, 1.54) is 27.7 Å². The summed E-state index contributed by atoms with van der Waals surface area (Å²) >= 11 is 0. The molecule has 0 aliphatic carbocycles. The van der Waals surface area contributed by atoms with Crippen LogP contribution in [0.5, 0.6) is 0 Å². The first-order chi connectivity index (χ1) is 14.5. The topological polar surface area (TPSA) is 212 Å². The number of hydrogen-bond acceptors (Lipinski definition) is 10. The molecule has 0 aromatic rings. The van der Waals surface area contributed by atoms with E-state index in [-0.39, 0.29) is 6.61 Å². The first kappa shape index (κ1) is 26.9. The van der Waals surface area contributed by atoms with Crippen LogP contribution in [0.2, 0.25) is 0 Å². The second-order valence-corrected chi connectivity index (χ2v) is 10.3. The molecule has 0 spiro atoms. The summed E-state index contributed by atoms with van der Waals surface area (Å²) in [6.45, 7) is 4.38. The third kappa shape index (κ3) is 5.40. The number of aliphatic carboxylic acids is 1. The minimum atomic E-state index is -4.71. The third-order valence-electron chi connectivity index (χ3n) is 5.99. The number of rotatable bonds is 8.